The lowest BCUT2D eigenvalue weighted by molar-refractivity contribution is 0.0955. The minimum absolute atomic E-state index is 0.0433. The Bertz CT molecular complexity index is 1710. The van der Waals surface area contributed by atoms with Crippen LogP contribution in [0.2, 0.25) is 5.02 Å². The van der Waals surface area contributed by atoms with Crippen LogP contribution in [0.5, 0.6) is 11.5 Å². The lowest BCUT2D eigenvalue weighted by Crippen LogP contribution is -2.31. The first-order chi connectivity index (χ1) is 19.7. The maximum absolute atomic E-state index is 13.7. The van der Waals surface area contributed by atoms with Crippen molar-refractivity contribution in [3.63, 3.8) is 0 Å². The summed E-state index contributed by atoms with van der Waals surface area (Å²) in [6.45, 7) is 4.65. The van der Waals surface area contributed by atoms with Gasteiger partial charge in [-0.3, -0.25) is 9.10 Å². The Hall–Kier alpha value is -4.34. The molecule has 0 bridgehead atoms. The molecule has 0 saturated heterocycles. The maximum atomic E-state index is 13.7. The van der Waals surface area contributed by atoms with Crippen LogP contribution < -0.4 is 19.2 Å². The smallest absolute Gasteiger partial charge is 0.271 e. The summed E-state index contributed by atoms with van der Waals surface area (Å²) in [6, 6.07) is 25.6. The number of carbonyl (C=O) groups is 1. The molecular weight excluding hydrogens is 562 g/mol. The molecule has 0 saturated carbocycles. The molecule has 1 heterocycles. The van der Waals surface area contributed by atoms with E-state index in [0.717, 1.165) is 11.1 Å². The first-order valence-electron chi connectivity index (χ1n) is 12.9. The molecule has 10 heteroatoms. The van der Waals surface area contributed by atoms with Gasteiger partial charge in [0.2, 0.25) is 0 Å². The van der Waals surface area contributed by atoms with Crippen LogP contribution in [-0.2, 0) is 16.6 Å². The second kappa shape index (κ2) is 12.0. The summed E-state index contributed by atoms with van der Waals surface area (Å²) in [5, 5.41) is 4.66. The van der Waals surface area contributed by atoms with Crippen molar-refractivity contribution in [1.29, 1.82) is 0 Å². The Morgan fingerprint density at radius 1 is 0.902 bits per heavy atom. The molecule has 0 atom stereocenters. The molecule has 4 aromatic carbocycles. The van der Waals surface area contributed by atoms with Crippen LogP contribution in [0.15, 0.2) is 101 Å². The molecule has 0 aromatic heterocycles. The zero-order chi connectivity index (χ0) is 29.0. The molecule has 1 N–H and O–H groups in total. The van der Waals surface area contributed by atoms with Gasteiger partial charge in [0.25, 0.3) is 15.9 Å². The molecule has 0 fully saturated rings. The second-order valence-corrected chi connectivity index (χ2v) is 11.7. The summed E-state index contributed by atoms with van der Waals surface area (Å²) in [6.07, 6.45) is 0. The first kappa shape index (κ1) is 28.2. The van der Waals surface area contributed by atoms with Crippen molar-refractivity contribution < 1.29 is 22.7 Å². The number of amides is 1. The van der Waals surface area contributed by atoms with E-state index >= 15 is 0 Å². The van der Waals surface area contributed by atoms with Crippen molar-refractivity contribution in [2.24, 2.45) is 5.10 Å². The zero-order valence-electron chi connectivity index (χ0n) is 22.5. The number of nitrogens with zero attached hydrogens (tertiary/aromatic N) is 2. The van der Waals surface area contributed by atoms with Crippen LogP contribution in [0.4, 0.5) is 5.69 Å². The predicted molar refractivity (Wildman–Crippen MR) is 160 cm³/mol. The topological polar surface area (TPSA) is 97.3 Å². The van der Waals surface area contributed by atoms with E-state index in [-0.39, 0.29) is 11.4 Å². The van der Waals surface area contributed by atoms with Gasteiger partial charge in [0.15, 0.2) is 11.5 Å². The van der Waals surface area contributed by atoms with Gasteiger partial charge in [0.05, 0.1) is 22.8 Å². The van der Waals surface area contributed by atoms with Gasteiger partial charge < -0.3 is 9.47 Å². The van der Waals surface area contributed by atoms with Crippen molar-refractivity contribution in [3.05, 3.63) is 118 Å². The van der Waals surface area contributed by atoms with E-state index < -0.39 is 15.9 Å². The number of benzene rings is 4. The number of aryl methyl sites for hydroxylation is 1. The highest BCUT2D eigenvalue weighted by molar-refractivity contribution is 7.92. The molecule has 210 valence electrons. The van der Waals surface area contributed by atoms with Crippen molar-refractivity contribution in [1.82, 2.24) is 5.43 Å². The van der Waals surface area contributed by atoms with E-state index in [1.165, 1.54) is 4.31 Å². The number of hydrogen-bond donors (Lipinski definition) is 1. The maximum Gasteiger partial charge on any atom is 0.271 e. The third kappa shape index (κ3) is 6.37. The number of fused-ring (bicyclic) bond motifs is 1. The third-order valence-electron chi connectivity index (χ3n) is 6.60. The van der Waals surface area contributed by atoms with Crippen LogP contribution in [-0.4, -0.2) is 33.3 Å². The van der Waals surface area contributed by atoms with E-state index in [9.17, 15) is 13.2 Å². The summed E-state index contributed by atoms with van der Waals surface area (Å²) in [7, 11) is -3.91. The molecule has 0 unspecified atom stereocenters. The molecule has 1 amide bonds. The van der Waals surface area contributed by atoms with Gasteiger partial charge in [-0.15, -0.1) is 0 Å². The van der Waals surface area contributed by atoms with Crippen molar-refractivity contribution in [3.8, 4) is 11.5 Å². The van der Waals surface area contributed by atoms with E-state index in [2.05, 4.69) is 10.5 Å². The van der Waals surface area contributed by atoms with Crippen LogP contribution in [0.3, 0.4) is 0 Å². The summed E-state index contributed by atoms with van der Waals surface area (Å²) in [5.74, 6) is 0.923. The Kier molecular flexibility index (Phi) is 8.28. The molecule has 0 aliphatic carbocycles. The monoisotopic (exact) mass is 589 g/mol. The fraction of sp³-hybridized carbons (Fsp3) is 0.161. The summed E-state index contributed by atoms with van der Waals surface area (Å²) >= 11 is 6.25. The number of carbonyl (C=O) groups excluding carboxylic acids is 1. The number of nitrogens with one attached hydrogen (secondary N) is 1. The SMILES string of the molecule is C/C(=N/NC(=O)c1ccc(CN(c2cc(Cl)ccc2C)S(=O)(=O)c2ccccc2)cc1)c1ccc2c(c1)OCCO2. The summed E-state index contributed by atoms with van der Waals surface area (Å²) in [4.78, 5) is 13.0. The van der Waals surface area contributed by atoms with E-state index in [1.807, 2.05) is 25.1 Å². The molecule has 0 spiro atoms. The molecule has 8 nitrogen and oxygen atoms in total. The summed E-state index contributed by atoms with van der Waals surface area (Å²) < 4.78 is 39.9. The van der Waals surface area contributed by atoms with Gasteiger partial charge in [-0.25, -0.2) is 13.8 Å². The average Bonchev–Trinajstić information content (AvgIpc) is 3.00. The number of ether oxygens (including phenoxy) is 2. The predicted octanol–water partition coefficient (Wildman–Crippen LogP) is 5.97. The zero-order valence-corrected chi connectivity index (χ0v) is 24.1. The van der Waals surface area contributed by atoms with Gasteiger partial charge in [0.1, 0.15) is 13.2 Å². The fourth-order valence-corrected chi connectivity index (χ4v) is 6.03. The largest absolute Gasteiger partial charge is 0.486 e. The standard InChI is InChI=1S/C31H28ClN3O5S/c1-21-8-14-26(32)19-28(21)35(41(37,38)27-6-4-3-5-7-27)20-23-9-11-24(12-10-23)31(36)34-33-22(2)25-13-15-29-30(18-25)40-17-16-39-29/h3-15,18-19H,16-17,20H2,1-2H3,(H,34,36)/b33-22-. The number of sulfonamides is 1. The number of hydrazone groups is 1. The Balaban J connectivity index is 1.34. The minimum atomic E-state index is -3.91. The second-order valence-electron chi connectivity index (χ2n) is 9.45. The number of rotatable bonds is 8. The van der Waals surface area contributed by atoms with Gasteiger partial charge in [0, 0.05) is 16.1 Å². The summed E-state index contributed by atoms with van der Waals surface area (Å²) in [5.41, 5.74) is 6.28. The minimum Gasteiger partial charge on any atom is -0.486 e. The average molecular weight is 590 g/mol. The van der Waals surface area contributed by atoms with Crippen LogP contribution >= 0.6 is 11.6 Å². The third-order valence-corrected chi connectivity index (χ3v) is 8.61. The normalized spacial score (nSPS) is 13.0. The van der Waals surface area contributed by atoms with E-state index in [1.54, 1.807) is 79.7 Å². The molecular formula is C31H28ClN3O5S. The lowest BCUT2D eigenvalue weighted by Gasteiger charge is -2.26. The highest BCUT2D eigenvalue weighted by atomic mass is 35.5. The van der Waals surface area contributed by atoms with Gasteiger partial charge in [-0.1, -0.05) is 48.0 Å². The highest BCUT2D eigenvalue weighted by Gasteiger charge is 2.26. The van der Waals surface area contributed by atoms with Gasteiger partial charge in [-0.2, -0.15) is 5.10 Å². The van der Waals surface area contributed by atoms with Crippen LogP contribution in [0.1, 0.15) is 34.0 Å². The van der Waals surface area contributed by atoms with Gasteiger partial charge in [-0.05, 0) is 79.6 Å². The Morgan fingerprint density at radius 2 is 1.59 bits per heavy atom. The molecule has 5 rings (SSSR count). The molecule has 4 aromatic rings. The first-order valence-corrected chi connectivity index (χ1v) is 14.7. The number of halogens is 1. The van der Waals surface area contributed by atoms with Crippen LogP contribution in [0.25, 0.3) is 0 Å². The Labute approximate surface area is 244 Å². The lowest BCUT2D eigenvalue weighted by atomic mass is 10.1. The number of anilines is 1. The molecule has 1 aliphatic rings. The quantitative estimate of drug-likeness (QED) is 0.202. The molecule has 1 aliphatic heterocycles. The fourth-order valence-electron chi connectivity index (χ4n) is 4.33. The molecule has 41 heavy (non-hydrogen) atoms. The van der Waals surface area contributed by atoms with E-state index in [0.29, 0.717) is 52.3 Å². The number of hydrogen-bond acceptors (Lipinski definition) is 6. The van der Waals surface area contributed by atoms with Gasteiger partial charge >= 0.3 is 0 Å². The van der Waals surface area contributed by atoms with E-state index in [4.69, 9.17) is 21.1 Å². The van der Waals surface area contributed by atoms with Crippen LogP contribution in [0, 0.1) is 6.92 Å². The van der Waals surface area contributed by atoms with Crippen molar-refractivity contribution in [2.75, 3.05) is 17.5 Å². The highest BCUT2D eigenvalue weighted by Crippen LogP contribution is 2.32. The van der Waals surface area contributed by atoms with Crippen molar-refractivity contribution in [2.45, 2.75) is 25.3 Å². The Morgan fingerprint density at radius 3 is 2.32 bits per heavy atom. The molecule has 0 radical (unpaired) electrons. The van der Waals surface area contributed by atoms with Crippen molar-refractivity contribution >= 4 is 38.9 Å².